The Morgan fingerprint density at radius 3 is 2.80 bits per heavy atom. The van der Waals surface area contributed by atoms with Crippen LogP contribution in [-0.2, 0) is 0 Å². The second-order valence-corrected chi connectivity index (χ2v) is 2.58. The van der Waals surface area contributed by atoms with Crippen LogP contribution in [0.5, 0.6) is 5.75 Å². The Balaban J connectivity index is 2.86. The highest BCUT2D eigenvalue weighted by molar-refractivity contribution is 5.47. The van der Waals surface area contributed by atoms with E-state index in [0.717, 1.165) is 6.33 Å². The molecule has 0 bridgehead atoms. The SMILES string of the molecule is COc1c(NCC(F)(F)F)nc[nH]c1=O. The lowest BCUT2D eigenvalue weighted by Gasteiger charge is -2.10. The van der Waals surface area contributed by atoms with Crippen LogP contribution in [0.1, 0.15) is 0 Å². The zero-order chi connectivity index (χ0) is 11.5. The lowest BCUT2D eigenvalue weighted by atomic mass is 10.5. The molecule has 2 N–H and O–H groups in total. The van der Waals surface area contributed by atoms with Gasteiger partial charge in [0.15, 0.2) is 5.82 Å². The van der Waals surface area contributed by atoms with Crippen molar-refractivity contribution < 1.29 is 17.9 Å². The van der Waals surface area contributed by atoms with E-state index in [2.05, 4.69) is 14.7 Å². The highest BCUT2D eigenvalue weighted by atomic mass is 19.4. The maximum absolute atomic E-state index is 11.9. The fourth-order valence-corrected chi connectivity index (χ4v) is 0.886. The van der Waals surface area contributed by atoms with Crippen LogP contribution in [0.25, 0.3) is 0 Å². The van der Waals surface area contributed by atoms with Gasteiger partial charge in [-0.05, 0) is 0 Å². The first-order valence-electron chi connectivity index (χ1n) is 3.86. The lowest BCUT2D eigenvalue weighted by Crippen LogP contribution is -2.23. The summed E-state index contributed by atoms with van der Waals surface area (Å²) < 4.78 is 40.2. The Morgan fingerprint density at radius 1 is 1.60 bits per heavy atom. The van der Waals surface area contributed by atoms with Crippen molar-refractivity contribution in [3.63, 3.8) is 0 Å². The fourth-order valence-electron chi connectivity index (χ4n) is 0.886. The van der Waals surface area contributed by atoms with Crippen molar-refractivity contribution in [2.75, 3.05) is 19.0 Å². The number of H-pyrrole nitrogens is 1. The third kappa shape index (κ3) is 3.15. The lowest BCUT2D eigenvalue weighted by molar-refractivity contribution is -0.115. The number of alkyl halides is 3. The standard InChI is InChI=1S/C7H8F3N3O2/c1-15-4-5(11-2-7(8,9)10)12-3-13-6(4)14/h3H,2H2,1H3,(H2,11,12,13,14). The molecule has 0 saturated heterocycles. The largest absolute Gasteiger partial charge is 0.489 e. The molecule has 1 aromatic heterocycles. The summed E-state index contributed by atoms with van der Waals surface area (Å²) in [7, 11) is 1.17. The van der Waals surface area contributed by atoms with Gasteiger partial charge in [0.1, 0.15) is 6.54 Å². The average molecular weight is 223 g/mol. The van der Waals surface area contributed by atoms with Gasteiger partial charge in [-0.25, -0.2) is 4.98 Å². The number of nitrogens with one attached hydrogen (secondary N) is 2. The molecule has 15 heavy (non-hydrogen) atoms. The molecule has 0 saturated carbocycles. The maximum atomic E-state index is 11.9. The van der Waals surface area contributed by atoms with Gasteiger partial charge in [0.25, 0.3) is 5.56 Å². The van der Waals surface area contributed by atoms with Crippen molar-refractivity contribution >= 4 is 5.82 Å². The summed E-state index contributed by atoms with van der Waals surface area (Å²) in [5, 5.41) is 1.96. The van der Waals surface area contributed by atoms with Gasteiger partial charge in [-0.2, -0.15) is 13.2 Å². The number of methoxy groups -OCH3 is 1. The van der Waals surface area contributed by atoms with E-state index in [1.54, 1.807) is 0 Å². The van der Waals surface area contributed by atoms with E-state index in [1.165, 1.54) is 7.11 Å². The number of aromatic nitrogens is 2. The molecule has 84 valence electrons. The molecule has 0 aliphatic heterocycles. The van der Waals surface area contributed by atoms with Crippen LogP contribution in [-0.4, -0.2) is 29.8 Å². The van der Waals surface area contributed by atoms with Crippen molar-refractivity contribution in [2.24, 2.45) is 0 Å². The fraction of sp³-hybridized carbons (Fsp3) is 0.429. The summed E-state index contributed by atoms with van der Waals surface area (Å²) in [5.41, 5.74) is -0.642. The Bertz CT molecular complexity index is 388. The van der Waals surface area contributed by atoms with Crippen molar-refractivity contribution in [2.45, 2.75) is 6.18 Å². The molecular formula is C7H8F3N3O2. The van der Waals surface area contributed by atoms with Gasteiger partial charge in [0.2, 0.25) is 5.75 Å². The third-order valence-corrected chi connectivity index (χ3v) is 1.47. The number of hydrogen-bond acceptors (Lipinski definition) is 4. The number of anilines is 1. The number of rotatable bonds is 3. The van der Waals surface area contributed by atoms with E-state index in [4.69, 9.17) is 0 Å². The summed E-state index contributed by atoms with van der Waals surface area (Å²) in [4.78, 5) is 16.8. The molecule has 0 amide bonds. The van der Waals surface area contributed by atoms with E-state index >= 15 is 0 Å². The van der Waals surface area contributed by atoms with Gasteiger partial charge in [-0.15, -0.1) is 0 Å². The number of nitrogens with zero attached hydrogens (tertiary/aromatic N) is 1. The zero-order valence-electron chi connectivity index (χ0n) is 7.68. The molecule has 0 aliphatic rings. The highest BCUT2D eigenvalue weighted by Gasteiger charge is 2.27. The summed E-state index contributed by atoms with van der Waals surface area (Å²) in [6, 6.07) is 0. The van der Waals surface area contributed by atoms with Gasteiger partial charge in [-0.3, -0.25) is 4.79 Å². The van der Waals surface area contributed by atoms with E-state index in [1.807, 2.05) is 5.32 Å². The number of ether oxygens (including phenoxy) is 1. The molecule has 0 aliphatic carbocycles. The minimum absolute atomic E-state index is 0.237. The average Bonchev–Trinajstić information content (AvgIpc) is 2.13. The molecule has 5 nitrogen and oxygen atoms in total. The monoisotopic (exact) mass is 223 g/mol. The number of aromatic amines is 1. The molecule has 8 heteroatoms. The normalized spacial score (nSPS) is 11.2. The summed E-state index contributed by atoms with van der Waals surface area (Å²) in [6.07, 6.45) is -3.39. The van der Waals surface area contributed by atoms with Crippen molar-refractivity contribution in [3.05, 3.63) is 16.7 Å². The second kappa shape index (κ2) is 4.20. The van der Waals surface area contributed by atoms with E-state index < -0.39 is 18.3 Å². The van der Waals surface area contributed by atoms with Crippen molar-refractivity contribution in [1.82, 2.24) is 9.97 Å². The number of halogens is 3. The zero-order valence-corrected chi connectivity index (χ0v) is 7.68. The highest BCUT2D eigenvalue weighted by Crippen LogP contribution is 2.19. The third-order valence-electron chi connectivity index (χ3n) is 1.47. The summed E-state index contributed by atoms with van der Waals surface area (Å²) >= 11 is 0. The smallest absolute Gasteiger partial charge is 0.405 e. The Kier molecular flexibility index (Phi) is 3.17. The predicted octanol–water partition coefficient (Wildman–Crippen LogP) is 0.753. The molecule has 0 aromatic carbocycles. The Labute approximate surface area is 82.3 Å². The van der Waals surface area contributed by atoms with E-state index in [9.17, 15) is 18.0 Å². The van der Waals surface area contributed by atoms with Crippen LogP contribution in [0.4, 0.5) is 19.0 Å². The van der Waals surface area contributed by atoms with Gasteiger partial charge in [0, 0.05) is 0 Å². The molecular weight excluding hydrogens is 215 g/mol. The van der Waals surface area contributed by atoms with Gasteiger partial charge >= 0.3 is 6.18 Å². The molecule has 1 heterocycles. The van der Waals surface area contributed by atoms with Crippen molar-refractivity contribution in [1.29, 1.82) is 0 Å². The van der Waals surface area contributed by atoms with Crippen LogP contribution >= 0.6 is 0 Å². The van der Waals surface area contributed by atoms with Gasteiger partial charge in [-0.1, -0.05) is 0 Å². The number of hydrogen-bond donors (Lipinski definition) is 2. The minimum Gasteiger partial charge on any atom is -0.489 e. The first-order valence-corrected chi connectivity index (χ1v) is 3.86. The first kappa shape index (κ1) is 11.3. The quantitative estimate of drug-likeness (QED) is 0.793. The Hall–Kier alpha value is -1.73. The van der Waals surface area contributed by atoms with E-state index in [0.29, 0.717) is 0 Å². The van der Waals surface area contributed by atoms with Crippen LogP contribution in [0, 0.1) is 0 Å². The van der Waals surface area contributed by atoms with Crippen LogP contribution in [0.3, 0.4) is 0 Å². The molecule has 1 aromatic rings. The first-order chi connectivity index (χ1) is 6.94. The summed E-state index contributed by atoms with van der Waals surface area (Å²) in [6.45, 7) is -1.28. The second-order valence-electron chi connectivity index (χ2n) is 2.58. The van der Waals surface area contributed by atoms with Gasteiger partial charge < -0.3 is 15.0 Å². The molecule has 0 unspecified atom stereocenters. The van der Waals surface area contributed by atoms with Crippen LogP contribution < -0.4 is 15.6 Å². The topological polar surface area (TPSA) is 67.0 Å². The van der Waals surface area contributed by atoms with Crippen LogP contribution in [0.2, 0.25) is 0 Å². The molecule has 0 spiro atoms. The van der Waals surface area contributed by atoms with Crippen molar-refractivity contribution in [3.8, 4) is 5.75 Å². The Morgan fingerprint density at radius 2 is 2.27 bits per heavy atom. The van der Waals surface area contributed by atoms with Gasteiger partial charge in [0.05, 0.1) is 13.4 Å². The van der Waals surface area contributed by atoms with Crippen LogP contribution in [0.15, 0.2) is 11.1 Å². The van der Waals surface area contributed by atoms with E-state index in [-0.39, 0.29) is 11.6 Å². The molecule has 0 atom stereocenters. The minimum atomic E-state index is -4.38. The maximum Gasteiger partial charge on any atom is 0.405 e. The molecule has 0 fully saturated rings. The molecule has 0 radical (unpaired) electrons. The summed E-state index contributed by atoms with van der Waals surface area (Å²) in [5.74, 6) is -0.514. The predicted molar refractivity (Wildman–Crippen MR) is 46.0 cm³/mol. The molecule has 1 rings (SSSR count).